The van der Waals surface area contributed by atoms with Crippen molar-refractivity contribution in [1.82, 2.24) is 10.2 Å². The second kappa shape index (κ2) is 3.51. The fourth-order valence-corrected chi connectivity index (χ4v) is 2.03. The Labute approximate surface area is 86.6 Å². The molecule has 0 fully saturated rings. The van der Waals surface area contributed by atoms with Gasteiger partial charge in [-0.15, -0.1) is 10.2 Å². The summed E-state index contributed by atoms with van der Waals surface area (Å²) in [5.74, 6) is -0.243. The van der Waals surface area contributed by atoms with Gasteiger partial charge in [-0.05, 0) is 40.2 Å². The molecule has 13 heavy (non-hydrogen) atoms. The number of hydrogen-bond donors (Lipinski definition) is 0. The van der Waals surface area contributed by atoms with E-state index in [-0.39, 0.29) is 5.82 Å². The molecule has 1 aromatic carbocycles. The van der Waals surface area contributed by atoms with Gasteiger partial charge in [0.05, 0.1) is 0 Å². The van der Waals surface area contributed by atoms with Crippen LogP contribution in [0.5, 0.6) is 0 Å². The van der Waals surface area contributed by atoms with E-state index in [9.17, 15) is 4.39 Å². The van der Waals surface area contributed by atoms with Crippen molar-refractivity contribution in [3.8, 4) is 10.6 Å². The van der Waals surface area contributed by atoms with E-state index < -0.39 is 0 Å². The molecule has 0 spiro atoms. The average Bonchev–Trinajstić information content (AvgIpc) is 2.53. The predicted octanol–water partition coefficient (Wildman–Crippen LogP) is 3.11. The summed E-state index contributed by atoms with van der Waals surface area (Å²) in [6.07, 6.45) is 0. The van der Waals surface area contributed by atoms with Crippen LogP contribution in [0.25, 0.3) is 10.6 Å². The SMILES string of the molecule is Fc1ccc(-c2nnc(Br)s2)cc1. The molecule has 0 bridgehead atoms. The molecule has 2 aromatic rings. The Morgan fingerprint density at radius 2 is 1.85 bits per heavy atom. The number of nitrogens with zero attached hydrogens (tertiary/aromatic N) is 2. The van der Waals surface area contributed by atoms with Crippen LogP contribution in [-0.4, -0.2) is 10.2 Å². The summed E-state index contributed by atoms with van der Waals surface area (Å²) in [5, 5.41) is 8.51. The molecule has 2 rings (SSSR count). The molecule has 0 saturated heterocycles. The number of aromatic nitrogens is 2. The van der Waals surface area contributed by atoms with Crippen molar-refractivity contribution in [3.05, 3.63) is 34.0 Å². The standard InChI is InChI=1S/C8H4BrFN2S/c9-8-12-11-7(13-8)5-1-3-6(10)4-2-5/h1-4H. The average molecular weight is 259 g/mol. The second-order valence-corrected chi connectivity index (χ2v) is 4.62. The Kier molecular flexibility index (Phi) is 2.37. The summed E-state index contributed by atoms with van der Waals surface area (Å²) >= 11 is 4.63. The molecule has 0 aliphatic carbocycles. The molecular formula is C8H4BrFN2S. The third-order valence-corrected chi connectivity index (χ3v) is 2.90. The molecule has 66 valence electrons. The van der Waals surface area contributed by atoms with Gasteiger partial charge in [-0.3, -0.25) is 0 Å². The van der Waals surface area contributed by atoms with Gasteiger partial charge in [-0.1, -0.05) is 11.3 Å². The van der Waals surface area contributed by atoms with Crippen molar-refractivity contribution in [2.24, 2.45) is 0 Å². The highest BCUT2D eigenvalue weighted by Gasteiger charge is 2.03. The van der Waals surface area contributed by atoms with Gasteiger partial charge in [0.2, 0.25) is 0 Å². The third kappa shape index (κ3) is 1.92. The van der Waals surface area contributed by atoms with Crippen molar-refractivity contribution < 1.29 is 4.39 Å². The molecule has 0 aliphatic rings. The summed E-state index contributed by atoms with van der Waals surface area (Å²) < 4.78 is 13.3. The zero-order valence-corrected chi connectivity index (χ0v) is 8.77. The summed E-state index contributed by atoms with van der Waals surface area (Å²) in [4.78, 5) is 0. The quantitative estimate of drug-likeness (QED) is 0.786. The first-order valence-electron chi connectivity index (χ1n) is 3.50. The van der Waals surface area contributed by atoms with E-state index in [2.05, 4.69) is 26.1 Å². The summed E-state index contributed by atoms with van der Waals surface area (Å²) in [6.45, 7) is 0. The maximum atomic E-state index is 12.6. The van der Waals surface area contributed by atoms with Crippen LogP contribution in [-0.2, 0) is 0 Å². The second-order valence-electron chi connectivity index (χ2n) is 2.37. The molecule has 0 atom stereocenters. The largest absolute Gasteiger partial charge is 0.207 e. The Hall–Kier alpha value is -0.810. The lowest BCUT2D eigenvalue weighted by atomic mass is 10.2. The topological polar surface area (TPSA) is 25.8 Å². The molecule has 1 heterocycles. The Bertz CT molecular complexity index is 412. The van der Waals surface area contributed by atoms with Crippen LogP contribution in [0, 0.1) is 5.82 Å². The van der Waals surface area contributed by atoms with E-state index in [1.165, 1.54) is 23.5 Å². The van der Waals surface area contributed by atoms with Crippen LogP contribution in [0.4, 0.5) is 4.39 Å². The first kappa shape index (κ1) is 8.77. The lowest BCUT2D eigenvalue weighted by Gasteiger charge is -1.92. The van der Waals surface area contributed by atoms with E-state index in [0.717, 1.165) is 14.5 Å². The predicted molar refractivity (Wildman–Crippen MR) is 53.0 cm³/mol. The maximum Gasteiger partial charge on any atom is 0.183 e. The Morgan fingerprint density at radius 3 is 2.38 bits per heavy atom. The van der Waals surface area contributed by atoms with Gasteiger partial charge in [0.25, 0.3) is 0 Å². The number of rotatable bonds is 1. The van der Waals surface area contributed by atoms with Crippen LogP contribution in [0.1, 0.15) is 0 Å². The fraction of sp³-hybridized carbons (Fsp3) is 0. The van der Waals surface area contributed by atoms with E-state index >= 15 is 0 Å². The summed E-state index contributed by atoms with van der Waals surface area (Å²) in [5.41, 5.74) is 0.879. The van der Waals surface area contributed by atoms with Crippen LogP contribution in [0.15, 0.2) is 28.2 Å². The van der Waals surface area contributed by atoms with Crippen molar-refractivity contribution >= 4 is 27.3 Å². The highest BCUT2D eigenvalue weighted by Crippen LogP contribution is 2.26. The van der Waals surface area contributed by atoms with Gasteiger partial charge < -0.3 is 0 Å². The normalized spacial score (nSPS) is 10.3. The van der Waals surface area contributed by atoms with Gasteiger partial charge in [0, 0.05) is 5.56 Å². The molecule has 0 N–H and O–H groups in total. The first-order valence-corrected chi connectivity index (χ1v) is 5.11. The fourth-order valence-electron chi connectivity index (χ4n) is 0.914. The maximum absolute atomic E-state index is 12.6. The van der Waals surface area contributed by atoms with Crippen LogP contribution in [0.3, 0.4) is 0 Å². The van der Waals surface area contributed by atoms with E-state index in [4.69, 9.17) is 0 Å². The number of benzene rings is 1. The van der Waals surface area contributed by atoms with Crippen LogP contribution >= 0.6 is 27.3 Å². The smallest absolute Gasteiger partial charge is 0.183 e. The highest BCUT2D eigenvalue weighted by atomic mass is 79.9. The summed E-state index contributed by atoms with van der Waals surface area (Å²) in [7, 11) is 0. The van der Waals surface area contributed by atoms with Crippen molar-refractivity contribution in [3.63, 3.8) is 0 Å². The molecule has 0 aliphatic heterocycles. The lowest BCUT2D eigenvalue weighted by Crippen LogP contribution is -1.77. The number of hydrogen-bond acceptors (Lipinski definition) is 3. The minimum Gasteiger partial charge on any atom is -0.207 e. The highest BCUT2D eigenvalue weighted by molar-refractivity contribution is 9.11. The Morgan fingerprint density at radius 1 is 1.15 bits per heavy atom. The van der Waals surface area contributed by atoms with Gasteiger partial charge >= 0.3 is 0 Å². The monoisotopic (exact) mass is 258 g/mol. The van der Waals surface area contributed by atoms with Gasteiger partial charge in [-0.2, -0.15) is 0 Å². The van der Waals surface area contributed by atoms with Gasteiger partial charge in [0.1, 0.15) is 10.8 Å². The van der Waals surface area contributed by atoms with Crippen LogP contribution < -0.4 is 0 Å². The van der Waals surface area contributed by atoms with Crippen LogP contribution in [0.2, 0.25) is 0 Å². The van der Waals surface area contributed by atoms with Crippen molar-refractivity contribution in [2.75, 3.05) is 0 Å². The lowest BCUT2D eigenvalue weighted by molar-refractivity contribution is 0.628. The molecule has 0 saturated carbocycles. The Balaban J connectivity index is 2.41. The minimum atomic E-state index is -0.243. The number of halogens is 2. The van der Waals surface area contributed by atoms with Crippen molar-refractivity contribution in [2.45, 2.75) is 0 Å². The van der Waals surface area contributed by atoms with Crippen molar-refractivity contribution in [1.29, 1.82) is 0 Å². The molecule has 2 nitrogen and oxygen atoms in total. The zero-order chi connectivity index (χ0) is 9.26. The van der Waals surface area contributed by atoms with E-state index in [1.54, 1.807) is 12.1 Å². The van der Waals surface area contributed by atoms with E-state index in [0.29, 0.717) is 0 Å². The molecule has 1 aromatic heterocycles. The minimum absolute atomic E-state index is 0.243. The van der Waals surface area contributed by atoms with Gasteiger partial charge in [0.15, 0.2) is 3.92 Å². The third-order valence-electron chi connectivity index (χ3n) is 1.49. The molecule has 0 unspecified atom stereocenters. The van der Waals surface area contributed by atoms with Gasteiger partial charge in [-0.25, -0.2) is 4.39 Å². The molecular weight excluding hydrogens is 255 g/mol. The molecule has 0 amide bonds. The zero-order valence-electron chi connectivity index (χ0n) is 6.37. The summed E-state index contributed by atoms with van der Waals surface area (Å²) in [6, 6.07) is 6.18. The molecule has 0 radical (unpaired) electrons. The molecule has 5 heteroatoms. The van der Waals surface area contributed by atoms with E-state index in [1.807, 2.05) is 0 Å². The first-order chi connectivity index (χ1) is 6.25.